The number of carbonyl (C=O) groups excluding carboxylic acids is 1. The van der Waals surface area contributed by atoms with Gasteiger partial charge in [-0.15, -0.1) is 0 Å². The highest BCUT2D eigenvalue weighted by molar-refractivity contribution is 5.88. The molecular formula is C22H25NO4. The summed E-state index contributed by atoms with van der Waals surface area (Å²) in [6, 6.07) is 15.0. The van der Waals surface area contributed by atoms with Crippen molar-refractivity contribution in [2.75, 3.05) is 13.7 Å². The molecule has 2 aromatic rings. The number of aryl methyl sites for hydroxylation is 1. The maximum absolute atomic E-state index is 12.7. The van der Waals surface area contributed by atoms with Gasteiger partial charge in [0.05, 0.1) is 19.8 Å². The van der Waals surface area contributed by atoms with Gasteiger partial charge in [0.25, 0.3) is 0 Å². The van der Waals surface area contributed by atoms with Crippen LogP contribution in [0.15, 0.2) is 42.5 Å². The first-order valence-corrected chi connectivity index (χ1v) is 9.03. The van der Waals surface area contributed by atoms with Crippen LogP contribution >= 0.6 is 0 Å². The van der Waals surface area contributed by atoms with Gasteiger partial charge in [-0.05, 0) is 38.0 Å². The number of para-hydroxylation sites is 2. The van der Waals surface area contributed by atoms with Crippen LogP contribution in [-0.4, -0.2) is 19.7 Å². The second-order valence-corrected chi connectivity index (χ2v) is 6.19. The number of hydrogen-bond donors (Lipinski definition) is 0. The Hall–Kier alpha value is -3.00. The molecule has 2 rings (SSSR count). The van der Waals surface area contributed by atoms with Gasteiger partial charge in [0.2, 0.25) is 0 Å². The van der Waals surface area contributed by atoms with Crippen LogP contribution in [0.4, 0.5) is 0 Å². The molecule has 5 heteroatoms. The molecule has 0 aliphatic heterocycles. The molecule has 5 nitrogen and oxygen atoms in total. The van der Waals surface area contributed by atoms with Crippen LogP contribution in [0.5, 0.6) is 17.2 Å². The van der Waals surface area contributed by atoms with Gasteiger partial charge >= 0.3 is 5.97 Å². The number of nitriles is 1. The van der Waals surface area contributed by atoms with Crippen LogP contribution in [0.3, 0.4) is 0 Å². The lowest BCUT2D eigenvalue weighted by Gasteiger charge is -2.27. The molecule has 0 bridgehead atoms. The van der Waals surface area contributed by atoms with Gasteiger partial charge in [-0.1, -0.05) is 43.7 Å². The fourth-order valence-electron chi connectivity index (χ4n) is 3.07. The van der Waals surface area contributed by atoms with Crippen molar-refractivity contribution in [2.45, 2.75) is 39.0 Å². The van der Waals surface area contributed by atoms with Crippen LogP contribution in [0.2, 0.25) is 0 Å². The second kappa shape index (κ2) is 9.09. The van der Waals surface area contributed by atoms with Crippen molar-refractivity contribution < 1.29 is 19.0 Å². The van der Waals surface area contributed by atoms with Crippen molar-refractivity contribution in [1.82, 2.24) is 0 Å². The van der Waals surface area contributed by atoms with E-state index in [0.717, 1.165) is 5.56 Å². The van der Waals surface area contributed by atoms with Crippen molar-refractivity contribution in [3.8, 4) is 23.3 Å². The molecule has 0 spiro atoms. The Bertz CT molecular complexity index is 840. The van der Waals surface area contributed by atoms with Gasteiger partial charge in [-0.3, -0.25) is 0 Å². The summed E-state index contributed by atoms with van der Waals surface area (Å²) in [5.41, 5.74) is -0.0179. The largest absolute Gasteiger partial charge is 0.492 e. The minimum Gasteiger partial charge on any atom is -0.492 e. The summed E-state index contributed by atoms with van der Waals surface area (Å²) in [6.45, 7) is 5.79. The number of carbonyl (C=O) groups is 1. The lowest BCUT2D eigenvalue weighted by Crippen LogP contribution is -2.36. The van der Waals surface area contributed by atoms with Gasteiger partial charge in [0, 0.05) is 5.56 Å². The van der Waals surface area contributed by atoms with Crippen molar-refractivity contribution >= 4 is 5.97 Å². The lowest BCUT2D eigenvalue weighted by molar-refractivity contribution is -0.148. The lowest BCUT2D eigenvalue weighted by atomic mass is 9.77. The van der Waals surface area contributed by atoms with E-state index < -0.39 is 11.4 Å². The minimum absolute atomic E-state index is 0.202. The first-order chi connectivity index (χ1) is 13.0. The SMILES string of the molecule is CCCC(C#N)(C(=O)OCC)c1cccc(Oc2ccccc2C)c1OC. The monoisotopic (exact) mass is 367 g/mol. The fraction of sp³-hybridized carbons (Fsp3) is 0.364. The molecule has 0 radical (unpaired) electrons. The van der Waals surface area contributed by atoms with Crippen molar-refractivity contribution in [3.05, 3.63) is 53.6 Å². The number of ether oxygens (including phenoxy) is 3. The van der Waals surface area contributed by atoms with E-state index in [1.54, 1.807) is 25.1 Å². The third-order valence-corrected chi connectivity index (χ3v) is 4.40. The zero-order valence-electron chi connectivity index (χ0n) is 16.2. The van der Waals surface area contributed by atoms with E-state index in [1.165, 1.54) is 7.11 Å². The van der Waals surface area contributed by atoms with Crippen LogP contribution in [0, 0.1) is 18.3 Å². The third-order valence-electron chi connectivity index (χ3n) is 4.40. The second-order valence-electron chi connectivity index (χ2n) is 6.19. The van der Waals surface area contributed by atoms with E-state index in [-0.39, 0.29) is 6.61 Å². The summed E-state index contributed by atoms with van der Waals surface area (Å²) >= 11 is 0. The van der Waals surface area contributed by atoms with E-state index >= 15 is 0 Å². The third kappa shape index (κ3) is 4.06. The Morgan fingerprint density at radius 2 is 1.81 bits per heavy atom. The van der Waals surface area contributed by atoms with E-state index in [2.05, 4.69) is 6.07 Å². The highest BCUT2D eigenvalue weighted by atomic mass is 16.5. The molecule has 0 aromatic heterocycles. The molecule has 27 heavy (non-hydrogen) atoms. The van der Waals surface area contributed by atoms with Crippen LogP contribution < -0.4 is 9.47 Å². The maximum atomic E-state index is 12.7. The van der Waals surface area contributed by atoms with Gasteiger partial charge in [-0.25, -0.2) is 4.79 Å². The maximum Gasteiger partial charge on any atom is 0.331 e. The number of rotatable bonds is 8. The highest BCUT2D eigenvalue weighted by Gasteiger charge is 2.44. The van der Waals surface area contributed by atoms with E-state index in [9.17, 15) is 10.1 Å². The smallest absolute Gasteiger partial charge is 0.331 e. The molecule has 0 saturated heterocycles. The van der Waals surface area contributed by atoms with Crippen LogP contribution in [0.25, 0.3) is 0 Å². The molecule has 1 atom stereocenters. The predicted octanol–water partition coefficient (Wildman–Crippen LogP) is 4.92. The van der Waals surface area contributed by atoms with Gasteiger partial charge in [0.1, 0.15) is 5.75 Å². The molecule has 0 aliphatic carbocycles. The van der Waals surface area contributed by atoms with E-state index in [0.29, 0.717) is 35.7 Å². The summed E-state index contributed by atoms with van der Waals surface area (Å²) < 4.78 is 16.9. The van der Waals surface area contributed by atoms with Crippen LogP contribution in [-0.2, 0) is 14.9 Å². The first kappa shape index (κ1) is 20.3. The summed E-state index contributed by atoms with van der Waals surface area (Å²) in [6.07, 6.45) is 0.963. The standard InChI is InChI=1S/C22H25NO4/c1-5-14-22(15-23,21(24)26-6-2)17-11-9-13-19(20(17)25-4)27-18-12-8-7-10-16(18)3/h7-13H,5-6,14H2,1-4H3. The fourth-order valence-corrected chi connectivity index (χ4v) is 3.07. The summed E-state index contributed by atoms with van der Waals surface area (Å²) in [7, 11) is 1.50. The summed E-state index contributed by atoms with van der Waals surface area (Å²) in [5.74, 6) is 0.927. The summed E-state index contributed by atoms with van der Waals surface area (Å²) in [5, 5.41) is 9.96. The Labute approximate surface area is 160 Å². The number of hydrogen-bond acceptors (Lipinski definition) is 5. The summed E-state index contributed by atoms with van der Waals surface area (Å²) in [4.78, 5) is 12.7. The number of esters is 1. The predicted molar refractivity (Wildman–Crippen MR) is 103 cm³/mol. The van der Waals surface area contributed by atoms with E-state index in [1.807, 2.05) is 38.1 Å². The quantitative estimate of drug-likeness (QED) is 0.619. The molecule has 142 valence electrons. The normalized spacial score (nSPS) is 12.6. The number of methoxy groups -OCH3 is 1. The van der Waals surface area contributed by atoms with Crippen molar-refractivity contribution in [3.63, 3.8) is 0 Å². The molecule has 0 saturated carbocycles. The van der Waals surface area contributed by atoms with Gasteiger partial charge < -0.3 is 14.2 Å². The van der Waals surface area contributed by atoms with Crippen molar-refractivity contribution in [1.29, 1.82) is 5.26 Å². The molecule has 0 fully saturated rings. The Morgan fingerprint density at radius 3 is 2.41 bits per heavy atom. The van der Waals surface area contributed by atoms with Gasteiger partial charge in [0.15, 0.2) is 16.9 Å². The highest BCUT2D eigenvalue weighted by Crippen LogP contribution is 2.43. The van der Waals surface area contributed by atoms with Crippen molar-refractivity contribution in [2.24, 2.45) is 0 Å². The number of benzene rings is 2. The molecule has 2 aromatic carbocycles. The number of nitrogens with zero attached hydrogens (tertiary/aromatic N) is 1. The first-order valence-electron chi connectivity index (χ1n) is 9.03. The molecule has 1 unspecified atom stereocenters. The zero-order chi connectivity index (χ0) is 19.9. The molecular weight excluding hydrogens is 342 g/mol. The van der Waals surface area contributed by atoms with Crippen LogP contribution in [0.1, 0.15) is 37.8 Å². The topological polar surface area (TPSA) is 68.6 Å². The average Bonchev–Trinajstić information content (AvgIpc) is 2.68. The zero-order valence-corrected chi connectivity index (χ0v) is 16.2. The molecule has 0 amide bonds. The Balaban J connectivity index is 2.60. The minimum atomic E-state index is -1.44. The molecule has 0 heterocycles. The van der Waals surface area contributed by atoms with E-state index in [4.69, 9.17) is 14.2 Å². The molecule has 0 N–H and O–H groups in total. The Morgan fingerprint density at radius 1 is 1.11 bits per heavy atom. The molecule has 0 aliphatic rings. The Kier molecular flexibility index (Phi) is 6.84. The van der Waals surface area contributed by atoms with Gasteiger partial charge in [-0.2, -0.15) is 5.26 Å². The average molecular weight is 367 g/mol.